The maximum Gasteiger partial charge on any atom is 0.346 e. The Kier molecular flexibility index (Phi) is 15.0. The average molecular weight is 541 g/mol. The number of rotatable bonds is 18. The highest BCUT2D eigenvalue weighted by atomic mass is 16.7. The topological polar surface area (TPSA) is 146 Å². The van der Waals surface area contributed by atoms with Crippen LogP contribution in [0.5, 0.6) is 11.5 Å². The minimum absolute atomic E-state index is 0.114. The first-order valence-electron chi connectivity index (χ1n) is 14.3. The van der Waals surface area contributed by atoms with Crippen molar-refractivity contribution in [1.82, 2.24) is 0 Å². The normalized spacial score (nSPS) is 24.2. The number of unbranched alkanes of at least 4 members (excludes halogenated alkanes) is 11. The van der Waals surface area contributed by atoms with Gasteiger partial charge in [0.2, 0.25) is 6.29 Å². The number of carbonyl (C=O) groups is 1. The summed E-state index contributed by atoms with van der Waals surface area (Å²) in [5, 5.41) is 49.9. The third-order valence-corrected chi connectivity index (χ3v) is 7.07. The van der Waals surface area contributed by atoms with Gasteiger partial charge in [-0.3, -0.25) is 0 Å². The lowest BCUT2D eigenvalue weighted by molar-refractivity contribution is -0.277. The average Bonchev–Trinajstić information content (AvgIpc) is 2.89. The van der Waals surface area contributed by atoms with Gasteiger partial charge in [-0.2, -0.15) is 0 Å². The molecular formula is C29H48O9. The van der Waals surface area contributed by atoms with Gasteiger partial charge in [0, 0.05) is 0 Å². The smallest absolute Gasteiger partial charge is 0.346 e. The van der Waals surface area contributed by atoms with E-state index in [9.17, 15) is 30.3 Å². The summed E-state index contributed by atoms with van der Waals surface area (Å²) in [6, 6.07) is 4.15. The zero-order valence-electron chi connectivity index (χ0n) is 23.0. The Hall–Kier alpha value is -1.91. The number of ether oxygens (including phenoxy) is 3. The summed E-state index contributed by atoms with van der Waals surface area (Å²) in [5.74, 6) is -1.26. The highest BCUT2D eigenvalue weighted by Gasteiger charge is 2.45. The van der Waals surface area contributed by atoms with Crippen molar-refractivity contribution < 1.29 is 44.5 Å². The molecule has 0 spiro atoms. The first-order chi connectivity index (χ1) is 18.3. The van der Waals surface area contributed by atoms with Crippen LogP contribution in [0.25, 0.3) is 0 Å². The van der Waals surface area contributed by atoms with E-state index in [0.717, 1.165) is 19.3 Å². The number of hydrogen-bond donors (Lipinski definition) is 5. The molecule has 1 aromatic rings. The van der Waals surface area contributed by atoms with Crippen LogP contribution in [-0.4, -0.2) is 74.9 Å². The fourth-order valence-corrected chi connectivity index (χ4v) is 4.69. The highest BCUT2D eigenvalue weighted by molar-refractivity contribution is 5.95. The summed E-state index contributed by atoms with van der Waals surface area (Å²) in [6.07, 6.45) is 7.81. The standard InChI is InChI=1S/C29H48O9/c1-3-4-5-6-7-8-9-10-11-12-13-14-16-20(2)36-28(35)24-21(31)17-15-18-22(24)37-29-27(34)26(33)25(32)23(19-30)38-29/h15,17-18,20,23,25-27,29-34H,3-14,16,19H2,1-2H3/t20?,23-,25-,26+,27-,29-/m1/s1. The molecule has 6 atom stereocenters. The summed E-state index contributed by atoms with van der Waals surface area (Å²) < 4.78 is 16.5. The lowest BCUT2D eigenvalue weighted by atomic mass is 9.99. The van der Waals surface area contributed by atoms with Crippen LogP contribution in [0.2, 0.25) is 0 Å². The van der Waals surface area contributed by atoms with Crippen LogP contribution in [0, 0.1) is 0 Å². The molecule has 1 aliphatic rings. The van der Waals surface area contributed by atoms with E-state index in [1.54, 1.807) is 6.92 Å². The number of phenolic OH excluding ortho intramolecular Hbond substituents is 1. The second-order valence-electron chi connectivity index (χ2n) is 10.4. The molecule has 1 unspecified atom stereocenters. The maximum absolute atomic E-state index is 12.9. The summed E-state index contributed by atoms with van der Waals surface area (Å²) in [6.45, 7) is 3.42. The summed E-state index contributed by atoms with van der Waals surface area (Å²) >= 11 is 0. The predicted octanol–water partition coefficient (Wildman–Crippen LogP) is 4.21. The van der Waals surface area contributed by atoms with Crippen LogP contribution in [-0.2, 0) is 9.47 Å². The number of aliphatic hydroxyl groups excluding tert-OH is 4. The van der Waals surface area contributed by atoms with Crippen molar-refractivity contribution in [3.8, 4) is 11.5 Å². The molecule has 218 valence electrons. The Labute approximate surface area is 226 Å². The van der Waals surface area contributed by atoms with Crippen LogP contribution in [0.15, 0.2) is 18.2 Å². The maximum atomic E-state index is 12.9. The van der Waals surface area contributed by atoms with Gasteiger partial charge >= 0.3 is 5.97 Å². The van der Waals surface area contributed by atoms with Crippen LogP contribution in [0.3, 0.4) is 0 Å². The van der Waals surface area contributed by atoms with Crippen molar-refractivity contribution in [1.29, 1.82) is 0 Å². The fraction of sp³-hybridized carbons (Fsp3) is 0.759. The zero-order chi connectivity index (χ0) is 27.9. The van der Waals surface area contributed by atoms with E-state index in [1.165, 1.54) is 76.0 Å². The molecule has 38 heavy (non-hydrogen) atoms. The largest absolute Gasteiger partial charge is 0.507 e. The lowest BCUT2D eigenvalue weighted by Crippen LogP contribution is -2.60. The van der Waals surface area contributed by atoms with Crippen LogP contribution in [0.4, 0.5) is 0 Å². The molecule has 1 aliphatic heterocycles. The summed E-state index contributed by atoms with van der Waals surface area (Å²) in [5.41, 5.74) is -0.231. The first kappa shape index (κ1) is 32.3. The monoisotopic (exact) mass is 540 g/mol. The van der Waals surface area contributed by atoms with E-state index in [-0.39, 0.29) is 23.2 Å². The Bertz CT molecular complexity index is 800. The molecule has 1 fully saturated rings. The second-order valence-corrected chi connectivity index (χ2v) is 10.4. The summed E-state index contributed by atoms with van der Waals surface area (Å²) in [4.78, 5) is 12.9. The number of aliphatic hydroxyl groups is 4. The Morgan fingerprint density at radius 3 is 2.05 bits per heavy atom. The van der Waals surface area contributed by atoms with Crippen molar-refractivity contribution in [2.45, 2.75) is 134 Å². The molecule has 9 nitrogen and oxygen atoms in total. The number of aromatic hydroxyl groups is 1. The van der Waals surface area contributed by atoms with Gasteiger partial charge in [-0.1, -0.05) is 83.6 Å². The number of benzene rings is 1. The van der Waals surface area contributed by atoms with Crippen LogP contribution in [0.1, 0.15) is 108 Å². The molecule has 9 heteroatoms. The molecule has 0 bridgehead atoms. The van der Waals surface area contributed by atoms with Crippen molar-refractivity contribution in [3.63, 3.8) is 0 Å². The number of esters is 1. The molecule has 0 radical (unpaired) electrons. The third-order valence-electron chi connectivity index (χ3n) is 7.07. The van der Waals surface area contributed by atoms with Crippen LogP contribution >= 0.6 is 0 Å². The lowest BCUT2D eigenvalue weighted by Gasteiger charge is -2.39. The molecule has 1 heterocycles. The first-order valence-corrected chi connectivity index (χ1v) is 14.3. The van der Waals surface area contributed by atoms with Gasteiger partial charge in [0.25, 0.3) is 0 Å². The van der Waals surface area contributed by atoms with Gasteiger partial charge in [0.1, 0.15) is 41.5 Å². The van der Waals surface area contributed by atoms with Gasteiger partial charge in [0.15, 0.2) is 0 Å². The van der Waals surface area contributed by atoms with Crippen molar-refractivity contribution >= 4 is 5.97 Å². The number of phenols is 1. The molecule has 0 amide bonds. The van der Waals surface area contributed by atoms with Gasteiger partial charge in [-0.25, -0.2) is 4.79 Å². The van der Waals surface area contributed by atoms with Gasteiger partial charge < -0.3 is 39.7 Å². The Morgan fingerprint density at radius 2 is 1.47 bits per heavy atom. The molecule has 0 saturated carbocycles. The Morgan fingerprint density at radius 1 is 0.895 bits per heavy atom. The summed E-state index contributed by atoms with van der Waals surface area (Å²) in [7, 11) is 0. The van der Waals surface area contributed by atoms with Crippen molar-refractivity contribution in [3.05, 3.63) is 23.8 Å². The number of carbonyl (C=O) groups excluding carboxylic acids is 1. The molecular weight excluding hydrogens is 492 g/mol. The SMILES string of the molecule is CCCCCCCCCCCCCCC(C)OC(=O)c1c(O)cccc1O[C@@H]1O[C@H](CO)[C@@H](O)[C@H](O)[C@H]1O. The zero-order valence-corrected chi connectivity index (χ0v) is 23.0. The minimum Gasteiger partial charge on any atom is -0.507 e. The second kappa shape index (κ2) is 17.6. The van der Waals surface area contributed by atoms with E-state index < -0.39 is 43.3 Å². The molecule has 2 rings (SSSR count). The molecule has 5 N–H and O–H groups in total. The highest BCUT2D eigenvalue weighted by Crippen LogP contribution is 2.32. The van der Waals surface area contributed by atoms with E-state index in [4.69, 9.17) is 14.2 Å². The molecule has 1 aromatic carbocycles. The third kappa shape index (κ3) is 10.3. The van der Waals surface area contributed by atoms with E-state index in [0.29, 0.717) is 6.42 Å². The predicted molar refractivity (Wildman–Crippen MR) is 143 cm³/mol. The fourth-order valence-electron chi connectivity index (χ4n) is 4.69. The Balaban J connectivity index is 1.76. The minimum atomic E-state index is -1.65. The van der Waals surface area contributed by atoms with Gasteiger partial charge in [-0.15, -0.1) is 0 Å². The molecule has 0 aromatic heterocycles. The van der Waals surface area contributed by atoms with E-state index in [2.05, 4.69) is 6.92 Å². The molecule has 1 saturated heterocycles. The molecule has 0 aliphatic carbocycles. The van der Waals surface area contributed by atoms with E-state index >= 15 is 0 Å². The van der Waals surface area contributed by atoms with Crippen molar-refractivity contribution in [2.75, 3.05) is 6.61 Å². The number of hydrogen-bond acceptors (Lipinski definition) is 9. The van der Waals surface area contributed by atoms with Crippen LogP contribution < -0.4 is 4.74 Å². The van der Waals surface area contributed by atoms with Crippen molar-refractivity contribution in [2.24, 2.45) is 0 Å². The van der Waals surface area contributed by atoms with Gasteiger partial charge in [0.05, 0.1) is 12.7 Å². The quantitative estimate of drug-likeness (QED) is 0.136. The van der Waals surface area contributed by atoms with E-state index in [1.807, 2.05) is 0 Å². The van der Waals surface area contributed by atoms with Gasteiger partial charge in [-0.05, 0) is 31.9 Å².